The Balaban J connectivity index is 1.57. The third-order valence-electron chi connectivity index (χ3n) is 5.54. The molecule has 0 bridgehead atoms. The molecule has 0 radical (unpaired) electrons. The number of para-hydroxylation sites is 1. The second-order valence-electron chi connectivity index (χ2n) is 7.58. The predicted molar refractivity (Wildman–Crippen MR) is 118 cm³/mol. The summed E-state index contributed by atoms with van der Waals surface area (Å²) in [5, 5.41) is 0.522. The largest absolute Gasteiger partial charge is 0.274 e. The van der Waals surface area contributed by atoms with Gasteiger partial charge < -0.3 is 0 Å². The van der Waals surface area contributed by atoms with Crippen molar-refractivity contribution < 1.29 is 9.59 Å². The van der Waals surface area contributed by atoms with E-state index in [2.05, 4.69) is 0 Å². The Morgan fingerprint density at radius 1 is 0.806 bits per heavy atom. The van der Waals surface area contributed by atoms with Crippen molar-refractivity contribution in [1.29, 1.82) is 0 Å². The molecule has 2 heterocycles. The standard InChI is InChI=1S/C25H19N3O3/c1-16-7-6-8-17(15-16)28-22(26-21-12-5-4-11-20(21)25(28)31)13-14-27-23(29)18-9-2-3-10-19(18)24(27)30/h2-12,15H,13-14H2,1H3. The molecule has 0 saturated heterocycles. The summed E-state index contributed by atoms with van der Waals surface area (Å²) in [6.45, 7) is 2.10. The van der Waals surface area contributed by atoms with Crippen molar-refractivity contribution in [2.75, 3.05) is 6.54 Å². The van der Waals surface area contributed by atoms with E-state index < -0.39 is 0 Å². The molecular formula is C25H19N3O3. The van der Waals surface area contributed by atoms with Crippen LogP contribution in [-0.4, -0.2) is 32.8 Å². The summed E-state index contributed by atoms with van der Waals surface area (Å²) in [5.74, 6) is -0.123. The van der Waals surface area contributed by atoms with E-state index in [0.29, 0.717) is 33.5 Å². The molecular weight excluding hydrogens is 390 g/mol. The normalized spacial score (nSPS) is 13.1. The Kier molecular flexibility index (Phi) is 4.47. The van der Waals surface area contributed by atoms with Crippen molar-refractivity contribution in [2.24, 2.45) is 0 Å². The first kappa shape index (κ1) is 18.9. The SMILES string of the molecule is Cc1cccc(-n2c(CCN3C(=O)c4ccccc4C3=O)nc3ccccc3c2=O)c1. The number of fused-ring (bicyclic) bond motifs is 2. The van der Waals surface area contributed by atoms with Gasteiger partial charge in [-0.05, 0) is 48.9 Å². The summed E-state index contributed by atoms with van der Waals surface area (Å²) in [7, 11) is 0. The van der Waals surface area contributed by atoms with Gasteiger partial charge in [0.1, 0.15) is 5.82 Å². The quantitative estimate of drug-likeness (QED) is 0.484. The van der Waals surface area contributed by atoms with Crippen LogP contribution in [0.1, 0.15) is 32.1 Å². The molecule has 0 spiro atoms. The van der Waals surface area contributed by atoms with Crippen LogP contribution in [0.2, 0.25) is 0 Å². The second-order valence-corrected chi connectivity index (χ2v) is 7.58. The number of carbonyl (C=O) groups excluding carboxylic acids is 2. The van der Waals surface area contributed by atoms with Crippen LogP contribution in [-0.2, 0) is 6.42 Å². The topological polar surface area (TPSA) is 72.3 Å². The lowest BCUT2D eigenvalue weighted by Crippen LogP contribution is -2.33. The highest BCUT2D eigenvalue weighted by Crippen LogP contribution is 2.23. The molecule has 0 atom stereocenters. The summed E-state index contributed by atoms with van der Waals surface area (Å²) in [4.78, 5) is 44.7. The van der Waals surface area contributed by atoms with Crippen molar-refractivity contribution in [3.8, 4) is 5.69 Å². The van der Waals surface area contributed by atoms with Crippen molar-refractivity contribution in [3.63, 3.8) is 0 Å². The van der Waals surface area contributed by atoms with Crippen LogP contribution in [0.5, 0.6) is 0 Å². The summed E-state index contributed by atoms with van der Waals surface area (Å²) in [6, 6.07) is 21.6. The van der Waals surface area contributed by atoms with Gasteiger partial charge in [0.05, 0.1) is 27.7 Å². The van der Waals surface area contributed by atoms with Crippen molar-refractivity contribution in [1.82, 2.24) is 14.5 Å². The molecule has 5 rings (SSSR count). The van der Waals surface area contributed by atoms with E-state index in [0.717, 1.165) is 5.56 Å². The Bertz CT molecular complexity index is 1390. The van der Waals surface area contributed by atoms with Gasteiger partial charge in [-0.1, -0.05) is 36.4 Å². The van der Waals surface area contributed by atoms with Gasteiger partial charge in [-0.2, -0.15) is 0 Å². The van der Waals surface area contributed by atoms with E-state index in [-0.39, 0.29) is 30.3 Å². The number of aromatic nitrogens is 2. The minimum absolute atomic E-state index is 0.142. The molecule has 6 nitrogen and oxygen atoms in total. The first-order valence-electron chi connectivity index (χ1n) is 10.1. The van der Waals surface area contributed by atoms with Gasteiger partial charge in [0, 0.05) is 13.0 Å². The van der Waals surface area contributed by atoms with Gasteiger partial charge in [0.25, 0.3) is 17.4 Å². The zero-order chi connectivity index (χ0) is 21.5. The highest BCUT2D eigenvalue weighted by atomic mass is 16.2. The van der Waals surface area contributed by atoms with E-state index in [1.807, 2.05) is 43.3 Å². The van der Waals surface area contributed by atoms with Gasteiger partial charge in [0.2, 0.25) is 0 Å². The van der Waals surface area contributed by atoms with E-state index in [1.165, 1.54) is 4.90 Å². The molecule has 0 saturated carbocycles. The minimum Gasteiger partial charge on any atom is -0.274 e. The van der Waals surface area contributed by atoms with Crippen LogP contribution in [0, 0.1) is 6.92 Å². The number of imide groups is 1. The average Bonchev–Trinajstić information content (AvgIpc) is 3.02. The zero-order valence-corrected chi connectivity index (χ0v) is 16.9. The number of hydrogen-bond acceptors (Lipinski definition) is 4. The lowest BCUT2D eigenvalue weighted by molar-refractivity contribution is 0.0655. The molecule has 3 aromatic carbocycles. The Morgan fingerprint density at radius 3 is 2.19 bits per heavy atom. The molecule has 152 valence electrons. The molecule has 2 amide bonds. The molecule has 0 unspecified atom stereocenters. The third kappa shape index (κ3) is 3.13. The van der Waals surface area contributed by atoms with Crippen molar-refractivity contribution in [2.45, 2.75) is 13.3 Å². The minimum atomic E-state index is -0.314. The van der Waals surface area contributed by atoms with Crippen molar-refractivity contribution in [3.05, 3.63) is 106 Å². The highest BCUT2D eigenvalue weighted by Gasteiger charge is 2.34. The average molecular weight is 409 g/mol. The fourth-order valence-electron chi connectivity index (χ4n) is 4.03. The van der Waals surface area contributed by atoms with Gasteiger partial charge >= 0.3 is 0 Å². The van der Waals surface area contributed by atoms with Gasteiger partial charge in [-0.15, -0.1) is 0 Å². The number of benzene rings is 3. The first-order chi connectivity index (χ1) is 15.0. The molecule has 4 aromatic rings. The predicted octanol–water partition coefficient (Wildman–Crippen LogP) is 3.53. The smallest absolute Gasteiger partial charge is 0.265 e. The summed E-state index contributed by atoms with van der Waals surface area (Å²) in [5.41, 5.74) is 2.97. The fraction of sp³-hybridized carbons (Fsp3) is 0.120. The van der Waals surface area contributed by atoms with Gasteiger partial charge in [0.15, 0.2) is 0 Å². The van der Waals surface area contributed by atoms with Crippen LogP contribution >= 0.6 is 0 Å². The van der Waals surface area contributed by atoms with E-state index >= 15 is 0 Å². The molecule has 1 aromatic heterocycles. The van der Waals surface area contributed by atoms with E-state index in [9.17, 15) is 14.4 Å². The summed E-state index contributed by atoms with van der Waals surface area (Å²) < 4.78 is 1.58. The molecule has 0 N–H and O–H groups in total. The monoisotopic (exact) mass is 409 g/mol. The van der Waals surface area contributed by atoms with Gasteiger partial charge in [-0.3, -0.25) is 23.9 Å². The molecule has 0 aliphatic carbocycles. The zero-order valence-electron chi connectivity index (χ0n) is 16.9. The Hall–Kier alpha value is -4.06. The van der Waals surface area contributed by atoms with Crippen LogP contribution < -0.4 is 5.56 Å². The number of aryl methyl sites for hydroxylation is 1. The number of carbonyl (C=O) groups is 2. The molecule has 1 aliphatic rings. The van der Waals surface area contributed by atoms with Crippen LogP contribution in [0.3, 0.4) is 0 Å². The number of rotatable bonds is 4. The van der Waals surface area contributed by atoms with Crippen LogP contribution in [0.15, 0.2) is 77.6 Å². The maximum absolute atomic E-state index is 13.3. The Morgan fingerprint density at radius 2 is 1.48 bits per heavy atom. The molecule has 31 heavy (non-hydrogen) atoms. The maximum atomic E-state index is 13.3. The van der Waals surface area contributed by atoms with E-state index in [4.69, 9.17) is 4.98 Å². The first-order valence-corrected chi connectivity index (χ1v) is 10.1. The fourth-order valence-corrected chi connectivity index (χ4v) is 4.03. The summed E-state index contributed by atoms with van der Waals surface area (Å²) >= 11 is 0. The number of nitrogens with zero attached hydrogens (tertiary/aromatic N) is 3. The number of amides is 2. The molecule has 1 aliphatic heterocycles. The number of hydrogen-bond donors (Lipinski definition) is 0. The third-order valence-corrected chi connectivity index (χ3v) is 5.54. The lowest BCUT2D eigenvalue weighted by atomic mass is 10.1. The molecule has 0 fully saturated rings. The lowest BCUT2D eigenvalue weighted by Gasteiger charge is -2.17. The van der Waals surface area contributed by atoms with Crippen LogP contribution in [0.4, 0.5) is 0 Å². The maximum Gasteiger partial charge on any atom is 0.265 e. The second kappa shape index (κ2) is 7.32. The highest BCUT2D eigenvalue weighted by molar-refractivity contribution is 6.21. The van der Waals surface area contributed by atoms with Gasteiger partial charge in [-0.25, -0.2) is 4.98 Å². The van der Waals surface area contributed by atoms with E-state index in [1.54, 1.807) is 41.0 Å². The van der Waals surface area contributed by atoms with Crippen molar-refractivity contribution >= 4 is 22.7 Å². The van der Waals surface area contributed by atoms with Crippen LogP contribution in [0.25, 0.3) is 16.6 Å². The Labute approximate surface area is 178 Å². The summed E-state index contributed by atoms with van der Waals surface area (Å²) in [6.07, 6.45) is 0.263. The molecule has 6 heteroatoms.